The Kier molecular flexibility index (Phi) is 4.53. The Bertz CT molecular complexity index is 478. The van der Waals surface area contributed by atoms with E-state index in [1.54, 1.807) is 0 Å². The second-order valence-electron chi connectivity index (χ2n) is 4.24. The number of nitrogens with zero attached hydrogens (tertiary/aromatic N) is 3. The maximum Gasteiger partial charge on any atom is 0.332 e. The minimum Gasteiger partial charge on any atom is -0.393 e. The summed E-state index contributed by atoms with van der Waals surface area (Å²) in [5.41, 5.74) is 0.573. The number of aliphatic hydroxyl groups excluding tert-OH is 1. The Morgan fingerprint density at radius 2 is 2.16 bits per heavy atom. The number of aromatic nitrogens is 2. The lowest BCUT2D eigenvalue weighted by Gasteiger charge is -2.21. The number of nitrogens with two attached hydrogens (primary N) is 1. The van der Waals surface area contributed by atoms with E-state index in [2.05, 4.69) is 20.7 Å². The van der Waals surface area contributed by atoms with Crippen LogP contribution >= 0.6 is 0 Å². The maximum atomic E-state index is 11.0. The van der Waals surface area contributed by atoms with E-state index in [-0.39, 0.29) is 29.7 Å². The van der Waals surface area contributed by atoms with Crippen molar-refractivity contribution in [2.45, 2.75) is 19.4 Å². The van der Waals surface area contributed by atoms with Gasteiger partial charge in [-0.15, -0.1) is 0 Å². The molecule has 0 saturated heterocycles. The monoisotopic (exact) mass is 272 g/mol. The van der Waals surface area contributed by atoms with Crippen LogP contribution in [0.3, 0.4) is 0 Å². The lowest BCUT2D eigenvalue weighted by molar-refractivity contribution is -0.385. The molecule has 1 aromatic rings. The molecule has 0 radical (unpaired) electrons. The Morgan fingerprint density at radius 3 is 2.63 bits per heavy atom. The van der Waals surface area contributed by atoms with E-state index >= 15 is 0 Å². The van der Waals surface area contributed by atoms with Crippen LogP contribution < -0.4 is 16.6 Å². The number of aryl methyl sites for hydroxylation is 1. The molecule has 0 bridgehead atoms. The molecule has 0 aromatic carbocycles. The van der Waals surface area contributed by atoms with Crippen LogP contribution in [0, 0.1) is 17.0 Å². The number of nitrogens with one attached hydrogen (secondary N) is 2. The minimum atomic E-state index is -1.43. The molecule has 19 heavy (non-hydrogen) atoms. The van der Waals surface area contributed by atoms with Gasteiger partial charge in [-0.05, 0) is 13.8 Å². The summed E-state index contributed by atoms with van der Waals surface area (Å²) in [6.45, 7) is 2.20. The zero-order valence-electron chi connectivity index (χ0n) is 10.5. The first kappa shape index (κ1) is 15.0. The number of anilines is 2. The molecule has 6 N–H and O–H groups in total. The van der Waals surface area contributed by atoms with Crippen molar-refractivity contribution in [1.29, 1.82) is 0 Å². The van der Waals surface area contributed by atoms with Gasteiger partial charge in [0.2, 0.25) is 11.8 Å². The van der Waals surface area contributed by atoms with Crippen molar-refractivity contribution in [2.75, 3.05) is 23.9 Å². The van der Waals surface area contributed by atoms with Crippen molar-refractivity contribution in [2.24, 2.45) is 5.84 Å². The Morgan fingerprint density at radius 1 is 1.53 bits per heavy atom. The molecule has 10 nitrogen and oxygen atoms in total. The van der Waals surface area contributed by atoms with Crippen LogP contribution in [0.2, 0.25) is 0 Å². The van der Waals surface area contributed by atoms with E-state index < -0.39 is 17.1 Å². The third kappa shape index (κ3) is 3.71. The topological polar surface area (TPSA) is 159 Å². The van der Waals surface area contributed by atoms with Gasteiger partial charge in [-0.3, -0.25) is 15.5 Å². The minimum absolute atomic E-state index is 0.00856. The molecule has 0 saturated carbocycles. The fourth-order valence-electron chi connectivity index (χ4n) is 1.30. The number of nitrogen functional groups attached to an aromatic ring is 1. The molecule has 1 unspecified atom stereocenters. The summed E-state index contributed by atoms with van der Waals surface area (Å²) in [7, 11) is 0. The number of rotatable bonds is 6. The van der Waals surface area contributed by atoms with Gasteiger partial charge in [0.25, 0.3) is 0 Å². The first-order chi connectivity index (χ1) is 8.80. The first-order valence-electron chi connectivity index (χ1n) is 5.37. The molecular formula is C9H16N6O4. The lowest BCUT2D eigenvalue weighted by Crippen LogP contribution is -2.37. The Hall–Kier alpha value is -2.04. The van der Waals surface area contributed by atoms with E-state index in [0.29, 0.717) is 0 Å². The van der Waals surface area contributed by atoms with Crippen molar-refractivity contribution >= 4 is 17.5 Å². The average Bonchev–Trinajstić information content (AvgIpc) is 2.35. The molecule has 0 amide bonds. The van der Waals surface area contributed by atoms with Gasteiger partial charge in [-0.25, -0.2) is 10.8 Å². The van der Waals surface area contributed by atoms with E-state index in [4.69, 9.17) is 10.9 Å². The van der Waals surface area contributed by atoms with Gasteiger partial charge in [0.05, 0.1) is 11.5 Å². The molecule has 1 atom stereocenters. The third-order valence-electron chi connectivity index (χ3n) is 2.35. The molecule has 1 aromatic heterocycles. The molecule has 0 fully saturated rings. The summed E-state index contributed by atoms with van der Waals surface area (Å²) in [6.07, 6.45) is 0. The molecule has 106 valence electrons. The molecule has 0 spiro atoms. The highest BCUT2D eigenvalue weighted by atomic mass is 16.6. The van der Waals surface area contributed by atoms with E-state index in [1.807, 2.05) is 0 Å². The quantitative estimate of drug-likeness (QED) is 0.252. The summed E-state index contributed by atoms with van der Waals surface area (Å²) >= 11 is 0. The number of aliphatic hydroxyl groups is 2. The van der Waals surface area contributed by atoms with Gasteiger partial charge >= 0.3 is 5.69 Å². The van der Waals surface area contributed by atoms with Crippen molar-refractivity contribution in [1.82, 2.24) is 9.97 Å². The zero-order chi connectivity index (χ0) is 14.6. The van der Waals surface area contributed by atoms with Crippen LogP contribution in [0.1, 0.15) is 12.6 Å². The highest BCUT2D eigenvalue weighted by Crippen LogP contribution is 2.26. The molecule has 0 aliphatic rings. The van der Waals surface area contributed by atoms with Crippen LogP contribution in [-0.4, -0.2) is 43.9 Å². The zero-order valence-corrected chi connectivity index (χ0v) is 10.5. The summed E-state index contributed by atoms with van der Waals surface area (Å²) in [6, 6.07) is 0. The van der Waals surface area contributed by atoms with E-state index in [1.165, 1.54) is 13.8 Å². The number of hydrogen-bond acceptors (Lipinski definition) is 9. The SMILES string of the molecule is Cc1nc(NN)nc(NCC(C)(O)CO)c1[N+](=O)[O-]. The number of hydrazine groups is 1. The highest BCUT2D eigenvalue weighted by molar-refractivity contribution is 5.60. The van der Waals surface area contributed by atoms with Gasteiger partial charge in [0.15, 0.2) is 0 Å². The molecular weight excluding hydrogens is 256 g/mol. The fraction of sp³-hybridized carbons (Fsp3) is 0.556. The third-order valence-corrected chi connectivity index (χ3v) is 2.35. The standard InChI is InChI=1S/C9H16N6O4/c1-5-6(15(18)19)7(13-8(12-5)14-10)11-3-9(2,17)4-16/h16-17H,3-4,10H2,1-2H3,(H2,11,12,13,14). The molecule has 1 heterocycles. The lowest BCUT2D eigenvalue weighted by atomic mass is 10.1. The smallest absolute Gasteiger partial charge is 0.332 e. The van der Waals surface area contributed by atoms with Crippen LogP contribution in [0.4, 0.5) is 17.5 Å². The molecule has 10 heteroatoms. The summed E-state index contributed by atoms with van der Waals surface area (Å²) < 4.78 is 0. The van der Waals surface area contributed by atoms with Crippen molar-refractivity contribution in [3.63, 3.8) is 0 Å². The van der Waals surface area contributed by atoms with Crippen LogP contribution in [0.5, 0.6) is 0 Å². The van der Waals surface area contributed by atoms with Gasteiger partial charge in [-0.1, -0.05) is 0 Å². The predicted octanol–water partition coefficient (Wildman–Crippen LogP) is -0.866. The Labute approximate surface area is 108 Å². The molecule has 0 aliphatic heterocycles. The first-order valence-corrected chi connectivity index (χ1v) is 5.37. The van der Waals surface area contributed by atoms with Crippen LogP contribution in [0.15, 0.2) is 0 Å². The second kappa shape index (κ2) is 5.73. The van der Waals surface area contributed by atoms with Crippen molar-refractivity contribution in [3.05, 3.63) is 15.8 Å². The summed E-state index contributed by atoms with van der Waals surface area (Å²) in [5.74, 6) is 5.08. The molecule has 1 rings (SSSR count). The van der Waals surface area contributed by atoms with Gasteiger partial charge < -0.3 is 15.5 Å². The van der Waals surface area contributed by atoms with Crippen LogP contribution in [0.25, 0.3) is 0 Å². The summed E-state index contributed by atoms with van der Waals surface area (Å²) in [5, 5.41) is 32.1. The average molecular weight is 272 g/mol. The van der Waals surface area contributed by atoms with Crippen LogP contribution in [-0.2, 0) is 0 Å². The normalized spacial score (nSPS) is 13.7. The number of nitro groups is 1. The van der Waals surface area contributed by atoms with Gasteiger partial charge in [0.1, 0.15) is 11.3 Å². The Balaban J connectivity index is 3.10. The second-order valence-corrected chi connectivity index (χ2v) is 4.24. The number of hydrogen-bond donors (Lipinski definition) is 5. The maximum absolute atomic E-state index is 11.0. The molecule has 0 aliphatic carbocycles. The van der Waals surface area contributed by atoms with Gasteiger partial charge in [-0.2, -0.15) is 4.98 Å². The van der Waals surface area contributed by atoms with Crippen molar-refractivity contribution < 1.29 is 15.1 Å². The largest absolute Gasteiger partial charge is 0.393 e. The van der Waals surface area contributed by atoms with E-state index in [0.717, 1.165) is 0 Å². The fourth-order valence-corrected chi connectivity index (χ4v) is 1.30. The summed E-state index contributed by atoms with van der Waals surface area (Å²) in [4.78, 5) is 17.9. The highest BCUT2D eigenvalue weighted by Gasteiger charge is 2.25. The van der Waals surface area contributed by atoms with Crippen molar-refractivity contribution in [3.8, 4) is 0 Å². The van der Waals surface area contributed by atoms with Gasteiger partial charge in [0, 0.05) is 6.54 Å². The predicted molar refractivity (Wildman–Crippen MR) is 67.4 cm³/mol. The van der Waals surface area contributed by atoms with E-state index in [9.17, 15) is 15.2 Å².